The van der Waals surface area contributed by atoms with Crippen LogP contribution in [0, 0.1) is 26.2 Å². The van der Waals surface area contributed by atoms with Crippen LogP contribution < -0.4 is 9.80 Å². The predicted molar refractivity (Wildman–Crippen MR) is 143 cm³/mol. The van der Waals surface area contributed by atoms with E-state index in [-0.39, 0.29) is 5.41 Å². The number of benzene rings is 2. The van der Waals surface area contributed by atoms with Crippen molar-refractivity contribution in [3.8, 4) is 11.4 Å². The molecule has 0 N–H and O–H groups in total. The van der Waals surface area contributed by atoms with Crippen LogP contribution in [-0.4, -0.2) is 29.6 Å². The topological polar surface area (TPSA) is 32.3 Å². The largest absolute Gasteiger partial charge is 0.416 e. The molecule has 2 aliphatic rings. The maximum Gasteiger partial charge on any atom is 0.416 e. The Hall–Kier alpha value is -3.09. The molecule has 0 radical (unpaired) electrons. The molecule has 0 atom stereocenters. The summed E-state index contributed by atoms with van der Waals surface area (Å²) in [6.07, 6.45) is -1.46. The fraction of sp³-hybridized carbons (Fsp3) is 0.467. The summed E-state index contributed by atoms with van der Waals surface area (Å²) in [5.74, 6) is 1.68. The first-order valence-corrected chi connectivity index (χ1v) is 13.1. The van der Waals surface area contributed by atoms with Crippen molar-refractivity contribution >= 4 is 11.5 Å². The van der Waals surface area contributed by atoms with Gasteiger partial charge in [0.1, 0.15) is 5.82 Å². The standard InChI is InChI=1S/C30H35F3N4/c1-19-10-11-22(30(31,32)33)16-25(19)36-15-12-24-23(17-36)28(37-14-7-13-29(4,5)18-37)35-27(34-24)26-20(2)8-6-9-21(26)3/h6,8-11,16H,7,12-15,17-18H2,1-5H3. The van der Waals surface area contributed by atoms with Crippen molar-refractivity contribution in [3.63, 3.8) is 0 Å². The number of hydrogen-bond donors (Lipinski definition) is 0. The fourth-order valence-electron chi connectivity index (χ4n) is 5.87. The number of nitrogens with zero attached hydrogens (tertiary/aromatic N) is 4. The average molecular weight is 509 g/mol. The van der Waals surface area contributed by atoms with Gasteiger partial charge in [0.15, 0.2) is 5.82 Å². The molecule has 1 fully saturated rings. The van der Waals surface area contributed by atoms with Crippen molar-refractivity contribution in [1.29, 1.82) is 0 Å². The number of rotatable bonds is 3. The molecule has 0 aliphatic carbocycles. The second kappa shape index (κ2) is 9.34. The molecule has 0 unspecified atom stereocenters. The Kier molecular flexibility index (Phi) is 6.45. The van der Waals surface area contributed by atoms with Gasteiger partial charge in [-0.05, 0) is 67.9 Å². The van der Waals surface area contributed by atoms with E-state index >= 15 is 0 Å². The quantitative estimate of drug-likeness (QED) is 0.372. The summed E-state index contributed by atoms with van der Waals surface area (Å²) in [5.41, 5.74) is 6.42. The molecule has 0 saturated carbocycles. The van der Waals surface area contributed by atoms with Gasteiger partial charge in [0.2, 0.25) is 0 Å². The monoisotopic (exact) mass is 508 g/mol. The molecular weight excluding hydrogens is 473 g/mol. The van der Waals surface area contributed by atoms with Crippen LogP contribution in [0.25, 0.3) is 11.4 Å². The number of hydrogen-bond acceptors (Lipinski definition) is 4. The van der Waals surface area contributed by atoms with E-state index in [2.05, 4.69) is 55.7 Å². The SMILES string of the molecule is Cc1ccc(C(F)(F)F)cc1N1CCc2nc(-c3c(C)cccc3C)nc(N3CCCC(C)(C)C3)c2C1. The predicted octanol–water partition coefficient (Wildman–Crippen LogP) is 7.28. The molecule has 5 rings (SSSR count). The Morgan fingerprint density at radius 3 is 2.30 bits per heavy atom. The van der Waals surface area contributed by atoms with Crippen LogP contribution in [0.3, 0.4) is 0 Å². The molecule has 1 saturated heterocycles. The first kappa shape index (κ1) is 25.6. The van der Waals surface area contributed by atoms with Crippen molar-refractivity contribution in [1.82, 2.24) is 9.97 Å². The minimum atomic E-state index is -4.37. The summed E-state index contributed by atoms with van der Waals surface area (Å²) in [6.45, 7) is 13.6. The van der Waals surface area contributed by atoms with Gasteiger partial charge in [0.05, 0.1) is 11.3 Å². The summed E-state index contributed by atoms with van der Waals surface area (Å²) in [7, 11) is 0. The number of piperidine rings is 1. The minimum Gasteiger partial charge on any atom is -0.366 e. The first-order valence-electron chi connectivity index (χ1n) is 13.1. The zero-order chi connectivity index (χ0) is 26.5. The molecule has 0 spiro atoms. The molecule has 7 heteroatoms. The Labute approximate surface area is 217 Å². The van der Waals surface area contributed by atoms with Gasteiger partial charge in [-0.15, -0.1) is 0 Å². The number of halogens is 3. The van der Waals surface area contributed by atoms with Gasteiger partial charge in [-0.25, -0.2) is 9.97 Å². The second-order valence-electron chi connectivity index (χ2n) is 11.4. The van der Waals surface area contributed by atoms with E-state index in [9.17, 15) is 13.2 Å². The normalized spacial score (nSPS) is 17.6. The third kappa shape index (κ3) is 5.05. The van der Waals surface area contributed by atoms with E-state index in [1.54, 1.807) is 6.07 Å². The lowest BCUT2D eigenvalue weighted by atomic mass is 9.84. The van der Waals surface area contributed by atoms with Crippen LogP contribution in [0.15, 0.2) is 36.4 Å². The third-order valence-electron chi connectivity index (χ3n) is 7.82. The van der Waals surface area contributed by atoms with E-state index in [0.717, 1.165) is 77.2 Å². The molecule has 3 aromatic rings. The minimum absolute atomic E-state index is 0.167. The zero-order valence-electron chi connectivity index (χ0n) is 22.3. The van der Waals surface area contributed by atoms with Gasteiger partial charge in [0, 0.05) is 49.4 Å². The van der Waals surface area contributed by atoms with Crippen LogP contribution in [0.4, 0.5) is 24.7 Å². The Bertz CT molecular complexity index is 1310. The highest BCUT2D eigenvalue weighted by Crippen LogP contribution is 2.39. The number of anilines is 2. The van der Waals surface area contributed by atoms with E-state index in [0.29, 0.717) is 25.2 Å². The van der Waals surface area contributed by atoms with Gasteiger partial charge in [-0.3, -0.25) is 0 Å². The Morgan fingerprint density at radius 1 is 0.892 bits per heavy atom. The maximum atomic E-state index is 13.5. The molecule has 4 nitrogen and oxygen atoms in total. The number of aryl methyl sites for hydroxylation is 3. The van der Waals surface area contributed by atoms with E-state index in [1.807, 2.05) is 6.92 Å². The van der Waals surface area contributed by atoms with Gasteiger partial charge in [-0.1, -0.05) is 38.1 Å². The van der Waals surface area contributed by atoms with Gasteiger partial charge < -0.3 is 9.80 Å². The van der Waals surface area contributed by atoms with Crippen LogP contribution in [0.2, 0.25) is 0 Å². The smallest absolute Gasteiger partial charge is 0.366 e. The van der Waals surface area contributed by atoms with Crippen molar-refractivity contribution in [2.75, 3.05) is 29.4 Å². The number of alkyl halides is 3. The third-order valence-corrected chi connectivity index (χ3v) is 7.82. The van der Waals surface area contributed by atoms with Gasteiger partial charge in [-0.2, -0.15) is 13.2 Å². The molecule has 37 heavy (non-hydrogen) atoms. The lowest BCUT2D eigenvalue weighted by molar-refractivity contribution is -0.137. The summed E-state index contributed by atoms with van der Waals surface area (Å²) >= 11 is 0. The maximum absolute atomic E-state index is 13.5. The van der Waals surface area contributed by atoms with Gasteiger partial charge in [0.25, 0.3) is 0 Å². The Balaban J connectivity index is 1.61. The van der Waals surface area contributed by atoms with E-state index in [4.69, 9.17) is 9.97 Å². The number of fused-ring (bicyclic) bond motifs is 1. The molecule has 0 bridgehead atoms. The molecule has 2 aromatic carbocycles. The van der Waals surface area contributed by atoms with Crippen LogP contribution in [-0.2, 0) is 19.1 Å². The summed E-state index contributed by atoms with van der Waals surface area (Å²) < 4.78 is 40.5. The number of aromatic nitrogens is 2. The Morgan fingerprint density at radius 2 is 1.62 bits per heavy atom. The summed E-state index contributed by atoms with van der Waals surface area (Å²) in [4.78, 5) is 14.7. The summed E-state index contributed by atoms with van der Waals surface area (Å²) in [5, 5.41) is 0. The molecule has 196 valence electrons. The van der Waals surface area contributed by atoms with E-state index in [1.165, 1.54) is 6.07 Å². The van der Waals surface area contributed by atoms with Crippen LogP contribution >= 0.6 is 0 Å². The highest BCUT2D eigenvalue weighted by atomic mass is 19.4. The first-order chi connectivity index (χ1) is 17.4. The van der Waals surface area contributed by atoms with Crippen LogP contribution in [0.1, 0.15) is 60.2 Å². The molecule has 3 heterocycles. The molecule has 1 aromatic heterocycles. The van der Waals surface area contributed by atoms with Crippen molar-refractivity contribution in [2.45, 2.75) is 66.6 Å². The molecule has 2 aliphatic heterocycles. The van der Waals surface area contributed by atoms with Crippen molar-refractivity contribution in [3.05, 3.63) is 69.9 Å². The van der Waals surface area contributed by atoms with Gasteiger partial charge >= 0.3 is 6.18 Å². The highest BCUT2D eigenvalue weighted by Gasteiger charge is 2.34. The zero-order valence-corrected chi connectivity index (χ0v) is 22.3. The highest BCUT2D eigenvalue weighted by molar-refractivity contribution is 5.68. The second-order valence-corrected chi connectivity index (χ2v) is 11.4. The van der Waals surface area contributed by atoms with Crippen LogP contribution in [0.5, 0.6) is 0 Å². The van der Waals surface area contributed by atoms with Crippen molar-refractivity contribution < 1.29 is 13.2 Å². The lowest BCUT2D eigenvalue weighted by Gasteiger charge is -2.41. The fourth-order valence-corrected chi connectivity index (χ4v) is 5.87. The summed E-state index contributed by atoms with van der Waals surface area (Å²) in [6, 6.07) is 10.3. The molecular formula is C30H35F3N4. The average Bonchev–Trinajstić information content (AvgIpc) is 2.82. The van der Waals surface area contributed by atoms with Crippen molar-refractivity contribution in [2.24, 2.45) is 5.41 Å². The lowest BCUT2D eigenvalue weighted by Crippen LogP contribution is -2.42. The molecule has 0 amide bonds. The van der Waals surface area contributed by atoms with E-state index < -0.39 is 11.7 Å².